The Labute approximate surface area is 200 Å². The van der Waals surface area contributed by atoms with Crippen molar-refractivity contribution in [2.24, 2.45) is 0 Å². The number of benzene rings is 3. The van der Waals surface area contributed by atoms with E-state index in [1.54, 1.807) is 68.8 Å². The van der Waals surface area contributed by atoms with Crippen molar-refractivity contribution in [3.63, 3.8) is 0 Å². The Morgan fingerprint density at radius 2 is 1.70 bits per heavy atom. The normalized spacial score (nSPS) is 14.6. The van der Waals surface area contributed by atoms with E-state index in [-0.39, 0.29) is 18.3 Å². The molecule has 0 unspecified atom stereocenters. The average molecular weight is 482 g/mol. The Morgan fingerprint density at radius 1 is 0.970 bits per heavy atom. The summed E-state index contributed by atoms with van der Waals surface area (Å²) in [6.07, 6.45) is 1.77. The summed E-state index contributed by atoms with van der Waals surface area (Å²) in [5, 5.41) is 0. The summed E-state index contributed by atoms with van der Waals surface area (Å²) in [4.78, 5) is 15.0. The van der Waals surface area contributed by atoms with Gasteiger partial charge in [0.25, 0.3) is 5.91 Å². The van der Waals surface area contributed by atoms with Crippen LogP contribution in [0.15, 0.2) is 71.6 Å². The van der Waals surface area contributed by atoms with Gasteiger partial charge in [-0.2, -0.15) is 0 Å². The molecule has 0 bridgehead atoms. The van der Waals surface area contributed by atoms with E-state index in [1.165, 1.54) is 28.8 Å². The molecule has 33 heavy (non-hydrogen) atoms. The number of thiocarbonyl (C=S) groups is 1. The van der Waals surface area contributed by atoms with Gasteiger partial charge >= 0.3 is 0 Å². The summed E-state index contributed by atoms with van der Waals surface area (Å²) in [6.45, 7) is 0.274. The molecule has 0 saturated carbocycles. The number of methoxy groups -OCH3 is 2. The van der Waals surface area contributed by atoms with Crippen LogP contribution >= 0.6 is 24.0 Å². The van der Waals surface area contributed by atoms with Gasteiger partial charge in [-0.25, -0.2) is 4.39 Å². The van der Waals surface area contributed by atoms with E-state index in [1.807, 2.05) is 6.07 Å². The molecule has 3 aromatic carbocycles. The van der Waals surface area contributed by atoms with Crippen molar-refractivity contribution in [3.05, 3.63) is 88.6 Å². The first-order valence-electron chi connectivity index (χ1n) is 9.96. The number of anilines is 1. The minimum Gasteiger partial charge on any atom is -0.497 e. The first-order chi connectivity index (χ1) is 16.0. The molecule has 0 aliphatic carbocycles. The molecule has 1 saturated heterocycles. The number of carbonyl (C=O) groups excluding carboxylic acids is 1. The van der Waals surface area contributed by atoms with Crippen LogP contribution in [-0.4, -0.2) is 24.4 Å². The monoisotopic (exact) mass is 481 g/mol. The summed E-state index contributed by atoms with van der Waals surface area (Å²) < 4.78 is 30.0. The SMILES string of the molecule is COc1ccc(N2C(=O)C(=Cc3ccc(OCc4ccc(F)cc4)c(OC)c3)SC2=S)cc1. The molecule has 1 heterocycles. The fraction of sp³-hybridized carbons (Fsp3) is 0.120. The molecule has 1 amide bonds. The van der Waals surface area contributed by atoms with Gasteiger partial charge in [0.1, 0.15) is 18.2 Å². The predicted octanol–water partition coefficient (Wildman–Crippen LogP) is 5.83. The van der Waals surface area contributed by atoms with Crippen LogP contribution in [-0.2, 0) is 11.4 Å². The van der Waals surface area contributed by atoms with E-state index in [0.717, 1.165) is 11.1 Å². The summed E-state index contributed by atoms with van der Waals surface area (Å²) in [6, 6.07) is 18.7. The zero-order valence-corrected chi connectivity index (χ0v) is 19.5. The van der Waals surface area contributed by atoms with Crippen molar-refractivity contribution in [3.8, 4) is 17.2 Å². The standard InChI is InChI=1S/C25H20FNO4S2/c1-29-20-10-8-19(9-11-20)27-24(28)23(33-25(27)32)14-17-5-12-21(22(13-17)30-2)31-15-16-3-6-18(26)7-4-16/h3-14H,15H2,1-2H3. The topological polar surface area (TPSA) is 48.0 Å². The second-order valence-electron chi connectivity index (χ2n) is 7.04. The number of thioether (sulfide) groups is 1. The maximum absolute atomic E-state index is 13.1. The molecule has 4 rings (SSSR count). The lowest BCUT2D eigenvalue weighted by Gasteiger charge is -2.14. The lowest BCUT2D eigenvalue weighted by atomic mass is 10.1. The lowest BCUT2D eigenvalue weighted by Crippen LogP contribution is -2.27. The highest BCUT2D eigenvalue weighted by atomic mass is 32.2. The average Bonchev–Trinajstić information content (AvgIpc) is 3.11. The third kappa shape index (κ3) is 5.18. The summed E-state index contributed by atoms with van der Waals surface area (Å²) in [5.74, 6) is 1.29. The maximum atomic E-state index is 13.1. The Kier molecular flexibility index (Phi) is 6.96. The van der Waals surface area contributed by atoms with Gasteiger partial charge in [-0.15, -0.1) is 0 Å². The van der Waals surface area contributed by atoms with E-state index in [9.17, 15) is 9.18 Å². The highest BCUT2D eigenvalue weighted by Crippen LogP contribution is 2.37. The van der Waals surface area contributed by atoms with Crippen molar-refractivity contribution in [2.45, 2.75) is 6.61 Å². The fourth-order valence-corrected chi connectivity index (χ4v) is 4.51. The molecule has 1 aliphatic rings. The molecule has 3 aromatic rings. The van der Waals surface area contributed by atoms with Crippen LogP contribution in [0.2, 0.25) is 0 Å². The molecule has 0 radical (unpaired) electrons. The molecule has 5 nitrogen and oxygen atoms in total. The second kappa shape index (κ2) is 10.1. The largest absolute Gasteiger partial charge is 0.497 e. The molecule has 168 valence electrons. The third-order valence-corrected chi connectivity index (χ3v) is 6.22. The maximum Gasteiger partial charge on any atom is 0.270 e. The first-order valence-corrected chi connectivity index (χ1v) is 11.2. The molecule has 0 spiro atoms. The molecule has 1 fully saturated rings. The Morgan fingerprint density at radius 3 is 2.36 bits per heavy atom. The highest BCUT2D eigenvalue weighted by Gasteiger charge is 2.33. The van der Waals surface area contributed by atoms with Crippen LogP contribution in [0.1, 0.15) is 11.1 Å². The van der Waals surface area contributed by atoms with Crippen LogP contribution in [0, 0.1) is 5.82 Å². The van der Waals surface area contributed by atoms with E-state index in [4.69, 9.17) is 26.4 Å². The van der Waals surface area contributed by atoms with Gasteiger partial charge < -0.3 is 14.2 Å². The van der Waals surface area contributed by atoms with Gasteiger partial charge in [-0.1, -0.05) is 42.2 Å². The van der Waals surface area contributed by atoms with Gasteiger partial charge in [0, 0.05) is 0 Å². The molecule has 0 aromatic heterocycles. The van der Waals surface area contributed by atoms with E-state index in [0.29, 0.717) is 32.2 Å². The van der Waals surface area contributed by atoms with Crippen molar-refractivity contribution in [2.75, 3.05) is 19.1 Å². The van der Waals surface area contributed by atoms with Crippen molar-refractivity contribution < 1.29 is 23.4 Å². The minimum atomic E-state index is -0.293. The smallest absolute Gasteiger partial charge is 0.270 e. The van der Waals surface area contributed by atoms with E-state index >= 15 is 0 Å². The number of ether oxygens (including phenoxy) is 3. The number of amides is 1. The van der Waals surface area contributed by atoms with Crippen LogP contribution in [0.25, 0.3) is 6.08 Å². The molecule has 1 aliphatic heterocycles. The van der Waals surface area contributed by atoms with Crippen molar-refractivity contribution in [1.29, 1.82) is 0 Å². The van der Waals surface area contributed by atoms with Gasteiger partial charge in [-0.05, 0) is 65.7 Å². The summed E-state index contributed by atoms with van der Waals surface area (Å²) >= 11 is 6.68. The Balaban J connectivity index is 1.51. The summed E-state index contributed by atoms with van der Waals surface area (Å²) in [5.41, 5.74) is 2.30. The van der Waals surface area contributed by atoms with Crippen LogP contribution in [0.4, 0.5) is 10.1 Å². The number of hydrogen-bond acceptors (Lipinski definition) is 6. The first kappa shape index (κ1) is 22.8. The van der Waals surface area contributed by atoms with Crippen molar-refractivity contribution in [1.82, 2.24) is 0 Å². The van der Waals surface area contributed by atoms with Crippen LogP contribution < -0.4 is 19.1 Å². The zero-order chi connectivity index (χ0) is 23.4. The Bertz CT molecular complexity index is 1210. The van der Waals surface area contributed by atoms with E-state index in [2.05, 4.69) is 0 Å². The van der Waals surface area contributed by atoms with Crippen LogP contribution in [0.5, 0.6) is 17.2 Å². The number of halogens is 1. The lowest BCUT2D eigenvalue weighted by molar-refractivity contribution is -0.113. The molecule has 0 atom stereocenters. The fourth-order valence-electron chi connectivity index (χ4n) is 3.21. The molecular weight excluding hydrogens is 461 g/mol. The molecule has 8 heteroatoms. The quantitative estimate of drug-likeness (QED) is 0.313. The van der Waals surface area contributed by atoms with Gasteiger partial charge in [-0.3, -0.25) is 9.69 Å². The van der Waals surface area contributed by atoms with Gasteiger partial charge in [0.15, 0.2) is 15.8 Å². The van der Waals surface area contributed by atoms with Gasteiger partial charge in [0.05, 0.1) is 24.8 Å². The van der Waals surface area contributed by atoms with Gasteiger partial charge in [0.2, 0.25) is 0 Å². The molecule has 0 N–H and O–H groups in total. The summed E-state index contributed by atoms with van der Waals surface area (Å²) in [7, 11) is 3.14. The number of rotatable bonds is 7. The Hall–Kier alpha value is -3.36. The van der Waals surface area contributed by atoms with E-state index < -0.39 is 0 Å². The van der Waals surface area contributed by atoms with Crippen LogP contribution in [0.3, 0.4) is 0 Å². The predicted molar refractivity (Wildman–Crippen MR) is 132 cm³/mol. The zero-order valence-electron chi connectivity index (χ0n) is 17.9. The number of hydrogen-bond donors (Lipinski definition) is 0. The number of nitrogens with zero attached hydrogens (tertiary/aromatic N) is 1. The molecular formula is C25H20FNO4S2. The minimum absolute atomic E-state index is 0.189. The van der Waals surface area contributed by atoms with Crippen molar-refractivity contribution >= 4 is 46.0 Å². The number of carbonyl (C=O) groups is 1. The second-order valence-corrected chi connectivity index (χ2v) is 8.72. The third-order valence-electron chi connectivity index (χ3n) is 4.92. The highest BCUT2D eigenvalue weighted by molar-refractivity contribution is 8.27.